The van der Waals surface area contributed by atoms with Crippen molar-refractivity contribution in [3.63, 3.8) is 0 Å². The van der Waals surface area contributed by atoms with Crippen molar-refractivity contribution in [1.82, 2.24) is 20.9 Å². The van der Waals surface area contributed by atoms with Gasteiger partial charge in [0.15, 0.2) is 0 Å². The fourth-order valence-corrected chi connectivity index (χ4v) is 3.88. The number of hydrogen-bond donors (Lipinski definition) is 3. The first kappa shape index (κ1) is 22.2. The predicted octanol–water partition coefficient (Wildman–Crippen LogP) is 1.44. The van der Waals surface area contributed by atoms with Crippen molar-refractivity contribution >= 4 is 29.2 Å². The summed E-state index contributed by atoms with van der Waals surface area (Å²) in [4.78, 5) is 39.6. The number of methoxy groups -OCH3 is 1. The van der Waals surface area contributed by atoms with Crippen molar-refractivity contribution in [3.8, 4) is 0 Å². The lowest BCUT2D eigenvalue weighted by Crippen LogP contribution is -2.54. The second kappa shape index (κ2) is 11.7. The number of urea groups is 1. The lowest BCUT2D eigenvalue weighted by atomic mass is 9.88. The maximum atomic E-state index is 12.8. The van der Waals surface area contributed by atoms with Gasteiger partial charge < -0.3 is 25.6 Å². The Morgan fingerprint density at radius 3 is 2.64 bits per heavy atom. The molecule has 156 valence electrons. The third kappa shape index (κ3) is 6.49. The normalized spacial score (nSPS) is 15.7. The number of piperidine rings is 1. The fourth-order valence-electron chi connectivity index (χ4n) is 3.25. The van der Waals surface area contributed by atoms with Gasteiger partial charge >= 0.3 is 6.03 Å². The molecule has 4 amide bonds. The Morgan fingerprint density at radius 1 is 1.29 bits per heavy atom. The van der Waals surface area contributed by atoms with E-state index >= 15 is 0 Å². The van der Waals surface area contributed by atoms with Gasteiger partial charge in [0, 0.05) is 39.9 Å². The molecule has 1 fully saturated rings. The maximum Gasteiger partial charge on any atom is 0.317 e. The van der Waals surface area contributed by atoms with Gasteiger partial charge in [-0.1, -0.05) is 6.07 Å². The van der Waals surface area contributed by atoms with Gasteiger partial charge in [-0.3, -0.25) is 9.59 Å². The third-order valence-corrected chi connectivity index (χ3v) is 5.63. The van der Waals surface area contributed by atoms with E-state index in [1.54, 1.807) is 18.1 Å². The monoisotopic (exact) mass is 410 g/mol. The Morgan fingerprint density at radius 2 is 2.04 bits per heavy atom. The van der Waals surface area contributed by atoms with E-state index in [1.165, 1.54) is 11.3 Å². The standard InChI is InChI=1S/C19H30N4O4S/c1-3-20-19(26)23-10-7-14(8-11-23)16(18(25)21-9-5-12-27-2)22-17(24)15-6-4-13-28-15/h4,6,13-14,16H,3,5,7-12H2,1-2H3,(H,20,26)(H,21,25)(H,22,24). The van der Waals surface area contributed by atoms with E-state index in [2.05, 4.69) is 16.0 Å². The smallest absolute Gasteiger partial charge is 0.317 e. The van der Waals surface area contributed by atoms with Crippen molar-refractivity contribution in [3.05, 3.63) is 22.4 Å². The molecule has 1 saturated heterocycles. The first-order valence-electron chi connectivity index (χ1n) is 9.70. The van der Waals surface area contributed by atoms with Crippen LogP contribution in [0.2, 0.25) is 0 Å². The molecule has 28 heavy (non-hydrogen) atoms. The zero-order chi connectivity index (χ0) is 20.4. The van der Waals surface area contributed by atoms with Crippen LogP contribution in [0.1, 0.15) is 35.9 Å². The van der Waals surface area contributed by atoms with Crippen LogP contribution in [-0.4, -0.2) is 68.7 Å². The number of carbonyl (C=O) groups excluding carboxylic acids is 3. The van der Waals surface area contributed by atoms with Crippen LogP contribution in [0.5, 0.6) is 0 Å². The second-order valence-corrected chi connectivity index (χ2v) is 7.67. The number of ether oxygens (including phenoxy) is 1. The quantitative estimate of drug-likeness (QED) is 0.537. The molecule has 2 rings (SSSR count). The number of likely N-dealkylation sites (tertiary alicyclic amines) is 1. The van der Waals surface area contributed by atoms with Gasteiger partial charge in [-0.25, -0.2) is 4.79 Å². The summed E-state index contributed by atoms with van der Waals surface area (Å²) < 4.78 is 5.00. The van der Waals surface area contributed by atoms with E-state index in [0.717, 1.165) is 0 Å². The molecule has 0 aromatic carbocycles. The Hall–Kier alpha value is -2.13. The Bertz CT molecular complexity index is 630. The fraction of sp³-hybridized carbons (Fsp3) is 0.632. The van der Waals surface area contributed by atoms with E-state index in [9.17, 15) is 14.4 Å². The van der Waals surface area contributed by atoms with Crippen molar-refractivity contribution in [1.29, 1.82) is 0 Å². The number of carbonyl (C=O) groups is 3. The molecule has 8 nitrogen and oxygen atoms in total. The Labute approximate surface area is 170 Å². The highest BCUT2D eigenvalue weighted by atomic mass is 32.1. The van der Waals surface area contributed by atoms with E-state index in [-0.39, 0.29) is 23.8 Å². The van der Waals surface area contributed by atoms with Crippen LogP contribution in [0.25, 0.3) is 0 Å². The molecule has 3 N–H and O–H groups in total. The third-order valence-electron chi connectivity index (χ3n) is 4.76. The molecule has 0 aliphatic carbocycles. The molecule has 1 aliphatic rings. The summed E-state index contributed by atoms with van der Waals surface area (Å²) >= 11 is 1.34. The molecular weight excluding hydrogens is 380 g/mol. The van der Waals surface area contributed by atoms with Gasteiger partial charge in [0.25, 0.3) is 5.91 Å². The molecule has 0 radical (unpaired) electrons. The van der Waals surface area contributed by atoms with Crippen LogP contribution in [0.4, 0.5) is 4.79 Å². The van der Waals surface area contributed by atoms with Gasteiger partial charge in [-0.05, 0) is 43.6 Å². The average Bonchev–Trinajstić information content (AvgIpc) is 3.24. The van der Waals surface area contributed by atoms with E-state index in [4.69, 9.17) is 4.74 Å². The molecule has 0 bridgehead atoms. The van der Waals surface area contributed by atoms with Gasteiger partial charge in [0.2, 0.25) is 5.91 Å². The van der Waals surface area contributed by atoms with Crippen LogP contribution < -0.4 is 16.0 Å². The van der Waals surface area contributed by atoms with Crippen LogP contribution in [0.3, 0.4) is 0 Å². The Balaban J connectivity index is 1.98. The first-order valence-corrected chi connectivity index (χ1v) is 10.6. The molecular formula is C19H30N4O4S. The molecule has 1 aromatic heterocycles. The number of hydrogen-bond acceptors (Lipinski definition) is 5. The summed E-state index contributed by atoms with van der Waals surface area (Å²) in [5.74, 6) is -0.437. The lowest BCUT2D eigenvalue weighted by Gasteiger charge is -2.35. The molecule has 1 unspecified atom stereocenters. The number of amides is 4. The minimum atomic E-state index is -0.617. The summed E-state index contributed by atoms with van der Waals surface area (Å²) in [6.45, 7) is 4.67. The molecule has 9 heteroatoms. The SMILES string of the molecule is CCNC(=O)N1CCC(C(NC(=O)c2cccs2)C(=O)NCCCOC)CC1. The summed E-state index contributed by atoms with van der Waals surface area (Å²) in [6, 6.07) is 2.85. The molecule has 1 atom stereocenters. The highest BCUT2D eigenvalue weighted by Crippen LogP contribution is 2.22. The first-order chi connectivity index (χ1) is 13.6. The summed E-state index contributed by atoms with van der Waals surface area (Å²) in [6.07, 6.45) is 2.04. The van der Waals surface area contributed by atoms with E-state index < -0.39 is 6.04 Å². The number of thiophene rings is 1. The number of nitrogens with one attached hydrogen (secondary N) is 3. The second-order valence-electron chi connectivity index (χ2n) is 6.73. The van der Waals surface area contributed by atoms with Crippen molar-refractivity contribution < 1.29 is 19.1 Å². The summed E-state index contributed by atoms with van der Waals surface area (Å²) in [7, 11) is 1.62. The summed E-state index contributed by atoms with van der Waals surface area (Å²) in [5, 5.41) is 10.4. The van der Waals surface area contributed by atoms with Crippen molar-refractivity contribution in [2.24, 2.45) is 5.92 Å². The largest absolute Gasteiger partial charge is 0.385 e. The minimum absolute atomic E-state index is 0.0167. The molecule has 1 aromatic rings. The number of nitrogens with zero attached hydrogens (tertiary/aromatic N) is 1. The maximum absolute atomic E-state index is 12.8. The lowest BCUT2D eigenvalue weighted by molar-refractivity contribution is -0.124. The Kier molecular flexibility index (Phi) is 9.22. The van der Waals surface area contributed by atoms with Crippen LogP contribution in [-0.2, 0) is 9.53 Å². The van der Waals surface area contributed by atoms with E-state index in [1.807, 2.05) is 18.4 Å². The molecule has 0 saturated carbocycles. The zero-order valence-corrected chi connectivity index (χ0v) is 17.3. The molecule has 0 spiro atoms. The highest BCUT2D eigenvalue weighted by molar-refractivity contribution is 7.12. The van der Waals surface area contributed by atoms with Crippen LogP contribution >= 0.6 is 11.3 Å². The van der Waals surface area contributed by atoms with Gasteiger partial charge in [0.1, 0.15) is 6.04 Å². The zero-order valence-electron chi connectivity index (χ0n) is 16.5. The molecule has 1 aliphatic heterocycles. The van der Waals surface area contributed by atoms with Crippen molar-refractivity contribution in [2.75, 3.05) is 39.9 Å². The topological polar surface area (TPSA) is 99.8 Å². The summed E-state index contributed by atoms with van der Waals surface area (Å²) in [5.41, 5.74) is 0. The van der Waals surface area contributed by atoms with E-state index in [0.29, 0.717) is 56.9 Å². The predicted molar refractivity (Wildman–Crippen MR) is 108 cm³/mol. The molecule has 2 heterocycles. The van der Waals surface area contributed by atoms with Gasteiger partial charge in [-0.2, -0.15) is 0 Å². The van der Waals surface area contributed by atoms with Crippen LogP contribution in [0.15, 0.2) is 17.5 Å². The number of rotatable bonds is 9. The van der Waals surface area contributed by atoms with Crippen LogP contribution in [0, 0.1) is 5.92 Å². The van der Waals surface area contributed by atoms with Gasteiger partial charge in [-0.15, -0.1) is 11.3 Å². The minimum Gasteiger partial charge on any atom is -0.385 e. The highest BCUT2D eigenvalue weighted by Gasteiger charge is 2.34. The van der Waals surface area contributed by atoms with Crippen molar-refractivity contribution in [2.45, 2.75) is 32.2 Å². The van der Waals surface area contributed by atoms with Gasteiger partial charge in [0.05, 0.1) is 4.88 Å². The average molecular weight is 411 g/mol.